The fraction of sp³-hybridized carbons (Fsp3) is 0.364. The smallest absolute Gasteiger partial charge is 0.258 e. The third kappa shape index (κ3) is 4.65. The number of hydrogen-bond donors (Lipinski definition) is 3. The summed E-state index contributed by atoms with van der Waals surface area (Å²) in [5.41, 5.74) is 6.15. The molecule has 88 valence electrons. The molecule has 0 aromatic heterocycles. The van der Waals surface area contributed by atoms with Crippen LogP contribution in [0.3, 0.4) is 0 Å². The van der Waals surface area contributed by atoms with E-state index in [-0.39, 0.29) is 19.1 Å². The molecular weight excluding hydrogens is 208 g/mol. The van der Waals surface area contributed by atoms with Crippen LogP contribution in [-0.4, -0.2) is 30.3 Å². The SMILES string of the molecule is C[C@H](O)CNC(=O)COc1ccc(N)cc1. The van der Waals surface area contributed by atoms with Gasteiger partial charge in [0.05, 0.1) is 6.10 Å². The summed E-state index contributed by atoms with van der Waals surface area (Å²) in [4.78, 5) is 11.2. The van der Waals surface area contributed by atoms with Crippen LogP contribution in [0.5, 0.6) is 5.75 Å². The van der Waals surface area contributed by atoms with Crippen molar-refractivity contribution >= 4 is 11.6 Å². The Bertz CT molecular complexity index is 336. The van der Waals surface area contributed by atoms with Crippen LogP contribution in [0.25, 0.3) is 0 Å². The van der Waals surface area contributed by atoms with E-state index in [1.807, 2.05) is 0 Å². The average molecular weight is 224 g/mol. The predicted molar refractivity (Wildman–Crippen MR) is 61.0 cm³/mol. The monoisotopic (exact) mass is 224 g/mol. The van der Waals surface area contributed by atoms with E-state index in [2.05, 4.69) is 5.32 Å². The number of benzene rings is 1. The van der Waals surface area contributed by atoms with Gasteiger partial charge in [-0.3, -0.25) is 4.79 Å². The van der Waals surface area contributed by atoms with Gasteiger partial charge in [0.25, 0.3) is 5.91 Å². The third-order valence-electron chi connectivity index (χ3n) is 1.84. The number of ether oxygens (including phenoxy) is 1. The first-order valence-corrected chi connectivity index (χ1v) is 5.01. The molecule has 0 heterocycles. The van der Waals surface area contributed by atoms with E-state index in [0.29, 0.717) is 11.4 Å². The Morgan fingerprint density at radius 1 is 1.50 bits per heavy atom. The number of hydrogen-bond acceptors (Lipinski definition) is 4. The van der Waals surface area contributed by atoms with Crippen molar-refractivity contribution in [1.29, 1.82) is 0 Å². The van der Waals surface area contributed by atoms with Gasteiger partial charge in [-0.05, 0) is 31.2 Å². The fourth-order valence-corrected chi connectivity index (χ4v) is 1.03. The number of rotatable bonds is 5. The van der Waals surface area contributed by atoms with Gasteiger partial charge in [-0.2, -0.15) is 0 Å². The number of nitrogen functional groups attached to an aromatic ring is 1. The summed E-state index contributed by atoms with van der Waals surface area (Å²) >= 11 is 0. The van der Waals surface area contributed by atoms with Crippen LogP contribution in [0, 0.1) is 0 Å². The van der Waals surface area contributed by atoms with Crippen molar-refractivity contribution in [2.24, 2.45) is 0 Å². The number of amides is 1. The first kappa shape index (κ1) is 12.3. The Hall–Kier alpha value is -1.75. The Labute approximate surface area is 94.2 Å². The highest BCUT2D eigenvalue weighted by atomic mass is 16.5. The minimum Gasteiger partial charge on any atom is -0.484 e. The molecule has 0 aliphatic rings. The lowest BCUT2D eigenvalue weighted by molar-refractivity contribution is -0.123. The van der Waals surface area contributed by atoms with E-state index in [4.69, 9.17) is 15.6 Å². The zero-order valence-corrected chi connectivity index (χ0v) is 9.14. The molecule has 0 spiro atoms. The molecule has 0 aliphatic heterocycles. The fourth-order valence-electron chi connectivity index (χ4n) is 1.03. The summed E-state index contributed by atoms with van der Waals surface area (Å²) in [6.07, 6.45) is -0.555. The van der Waals surface area contributed by atoms with Gasteiger partial charge in [-0.25, -0.2) is 0 Å². The van der Waals surface area contributed by atoms with E-state index < -0.39 is 6.10 Å². The van der Waals surface area contributed by atoms with Crippen LogP contribution in [0.4, 0.5) is 5.69 Å². The third-order valence-corrected chi connectivity index (χ3v) is 1.84. The molecule has 0 aliphatic carbocycles. The number of aliphatic hydroxyl groups excluding tert-OH is 1. The molecule has 1 aromatic rings. The summed E-state index contributed by atoms with van der Waals surface area (Å²) in [6, 6.07) is 6.78. The van der Waals surface area contributed by atoms with Crippen molar-refractivity contribution in [1.82, 2.24) is 5.32 Å². The normalized spacial score (nSPS) is 11.9. The zero-order chi connectivity index (χ0) is 12.0. The molecule has 0 radical (unpaired) electrons. The molecule has 1 amide bonds. The second kappa shape index (κ2) is 5.97. The Morgan fingerprint density at radius 3 is 2.69 bits per heavy atom. The minimum absolute atomic E-state index is 0.0728. The van der Waals surface area contributed by atoms with E-state index in [9.17, 15) is 4.79 Å². The van der Waals surface area contributed by atoms with Gasteiger partial charge >= 0.3 is 0 Å². The summed E-state index contributed by atoms with van der Waals surface area (Å²) < 4.78 is 5.21. The van der Waals surface area contributed by atoms with Crippen LogP contribution in [0.1, 0.15) is 6.92 Å². The minimum atomic E-state index is -0.555. The number of anilines is 1. The summed E-state index contributed by atoms with van der Waals surface area (Å²) in [5, 5.41) is 11.5. The molecule has 1 rings (SSSR count). The van der Waals surface area contributed by atoms with Crippen LogP contribution >= 0.6 is 0 Å². The van der Waals surface area contributed by atoms with Gasteiger partial charge in [0.15, 0.2) is 6.61 Å². The molecule has 5 heteroatoms. The molecular formula is C11H16N2O3. The van der Waals surface area contributed by atoms with Gasteiger partial charge in [-0.1, -0.05) is 0 Å². The lowest BCUT2D eigenvalue weighted by atomic mass is 10.3. The number of aliphatic hydroxyl groups is 1. The molecule has 0 unspecified atom stereocenters. The van der Waals surface area contributed by atoms with Crippen LogP contribution in [0.15, 0.2) is 24.3 Å². The molecule has 16 heavy (non-hydrogen) atoms. The number of carbonyl (C=O) groups excluding carboxylic acids is 1. The second-order valence-corrected chi connectivity index (χ2v) is 3.51. The van der Waals surface area contributed by atoms with Crippen molar-refractivity contribution in [3.63, 3.8) is 0 Å². The maximum Gasteiger partial charge on any atom is 0.258 e. The summed E-state index contributed by atoms with van der Waals surface area (Å²) in [5.74, 6) is 0.319. The van der Waals surface area contributed by atoms with Crippen molar-refractivity contribution in [2.45, 2.75) is 13.0 Å². The predicted octanol–water partition coefficient (Wildman–Crippen LogP) is 0.145. The molecule has 0 bridgehead atoms. The van der Waals surface area contributed by atoms with Crippen molar-refractivity contribution < 1.29 is 14.6 Å². The lowest BCUT2D eigenvalue weighted by Crippen LogP contribution is -2.34. The van der Waals surface area contributed by atoms with E-state index in [1.165, 1.54) is 0 Å². The molecule has 1 aromatic carbocycles. The summed E-state index contributed by atoms with van der Waals surface area (Å²) in [6.45, 7) is 1.75. The zero-order valence-electron chi connectivity index (χ0n) is 9.14. The standard InChI is InChI=1S/C11H16N2O3/c1-8(14)6-13-11(15)7-16-10-4-2-9(12)3-5-10/h2-5,8,14H,6-7,12H2,1H3,(H,13,15)/t8-/m0/s1. The highest BCUT2D eigenvalue weighted by Gasteiger charge is 2.03. The first-order chi connectivity index (χ1) is 7.58. The molecule has 0 fully saturated rings. The number of nitrogens with one attached hydrogen (secondary N) is 1. The largest absolute Gasteiger partial charge is 0.484 e. The number of carbonyl (C=O) groups is 1. The molecule has 0 saturated carbocycles. The Morgan fingerprint density at radius 2 is 2.12 bits per heavy atom. The summed E-state index contributed by atoms with van der Waals surface area (Å²) in [7, 11) is 0. The highest BCUT2D eigenvalue weighted by Crippen LogP contribution is 2.12. The van der Waals surface area contributed by atoms with E-state index in [1.54, 1.807) is 31.2 Å². The van der Waals surface area contributed by atoms with Crippen LogP contribution < -0.4 is 15.8 Å². The molecule has 5 nitrogen and oxygen atoms in total. The Balaban J connectivity index is 2.29. The van der Waals surface area contributed by atoms with Crippen molar-refractivity contribution in [3.8, 4) is 5.75 Å². The van der Waals surface area contributed by atoms with Gasteiger partial charge in [-0.15, -0.1) is 0 Å². The van der Waals surface area contributed by atoms with E-state index in [0.717, 1.165) is 0 Å². The quantitative estimate of drug-likeness (QED) is 0.621. The maximum absolute atomic E-state index is 11.2. The van der Waals surface area contributed by atoms with Gasteiger partial charge in [0, 0.05) is 12.2 Å². The topological polar surface area (TPSA) is 84.6 Å². The van der Waals surface area contributed by atoms with Gasteiger partial charge < -0.3 is 20.9 Å². The van der Waals surface area contributed by atoms with Gasteiger partial charge in [0.2, 0.25) is 0 Å². The highest BCUT2D eigenvalue weighted by molar-refractivity contribution is 5.77. The van der Waals surface area contributed by atoms with Crippen molar-refractivity contribution in [3.05, 3.63) is 24.3 Å². The second-order valence-electron chi connectivity index (χ2n) is 3.51. The average Bonchev–Trinajstić information content (AvgIpc) is 2.25. The maximum atomic E-state index is 11.2. The van der Waals surface area contributed by atoms with Gasteiger partial charge in [0.1, 0.15) is 5.75 Å². The Kier molecular flexibility index (Phi) is 4.60. The number of nitrogens with two attached hydrogens (primary N) is 1. The van der Waals surface area contributed by atoms with Crippen LogP contribution in [-0.2, 0) is 4.79 Å². The van der Waals surface area contributed by atoms with Crippen molar-refractivity contribution in [2.75, 3.05) is 18.9 Å². The van der Waals surface area contributed by atoms with Crippen LogP contribution in [0.2, 0.25) is 0 Å². The molecule has 0 saturated heterocycles. The first-order valence-electron chi connectivity index (χ1n) is 5.01. The molecule has 1 atom stereocenters. The van der Waals surface area contributed by atoms with E-state index >= 15 is 0 Å². The lowest BCUT2D eigenvalue weighted by Gasteiger charge is -2.08. The molecule has 4 N–H and O–H groups in total.